The van der Waals surface area contributed by atoms with E-state index in [9.17, 15) is 5.11 Å². The molecule has 0 radical (unpaired) electrons. The quantitative estimate of drug-likeness (QED) is 0.554. The van der Waals surface area contributed by atoms with Crippen LogP contribution in [0.2, 0.25) is 0 Å². The third kappa shape index (κ3) is 4.83. The summed E-state index contributed by atoms with van der Waals surface area (Å²) in [5, 5.41) is 10.4. The highest BCUT2D eigenvalue weighted by Crippen LogP contribution is 2.51. The van der Waals surface area contributed by atoms with E-state index in [1.807, 2.05) is 6.07 Å². The Bertz CT molecular complexity index is 803. The van der Waals surface area contributed by atoms with Crippen LogP contribution in [-0.2, 0) is 26.1 Å². The minimum atomic E-state index is -0.806. The van der Waals surface area contributed by atoms with Crippen LogP contribution in [0, 0.1) is 17.8 Å². The molecule has 0 unspecified atom stereocenters. The molecular formula is C27H41NO5. The molecule has 2 aliphatic carbocycles. The molecule has 4 fully saturated rings. The summed E-state index contributed by atoms with van der Waals surface area (Å²) in [6.07, 6.45) is 8.94. The van der Waals surface area contributed by atoms with Crippen LogP contribution in [0.4, 0.5) is 0 Å². The van der Waals surface area contributed by atoms with Gasteiger partial charge in [-0.2, -0.15) is 19.6 Å². The topological polar surface area (TPSA) is 60.4 Å². The molecule has 2 aliphatic heterocycles. The summed E-state index contributed by atoms with van der Waals surface area (Å²) < 4.78 is 0. The standard InChI is InChI=1S/C27H41NO5/c1-19(2)24-8-6-20(3)17-27(24)32-30-26(31-33-27)12-10-21(11-13-26)22-7-9-25(29)23(16-22)18-28-14-4-5-15-28/h7,9,16,19-21,24,29H,4-6,8,10-15,17-18H2,1-3H3/t20-,21?,24+,26?,27?/m1/s1. The monoisotopic (exact) mass is 459 g/mol. The number of rotatable bonds is 4. The second-order valence-electron chi connectivity index (χ2n) is 11.4. The molecule has 0 amide bonds. The molecule has 1 N–H and O–H groups in total. The van der Waals surface area contributed by atoms with Gasteiger partial charge in [0.2, 0.25) is 11.6 Å². The molecule has 4 aliphatic rings. The van der Waals surface area contributed by atoms with Crippen molar-refractivity contribution in [1.29, 1.82) is 0 Å². The predicted molar refractivity (Wildman–Crippen MR) is 125 cm³/mol. The Hall–Kier alpha value is -1.18. The van der Waals surface area contributed by atoms with E-state index in [0.717, 1.165) is 63.7 Å². The Balaban J connectivity index is 1.21. The summed E-state index contributed by atoms with van der Waals surface area (Å²) in [7, 11) is 0. The van der Waals surface area contributed by atoms with Crippen molar-refractivity contribution in [2.45, 2.75) is 103 Å². The van der Waals surface area contributed by atoms with E-state index in [-0.39, 0.29) is 5.92 Å². The average Bonchev–Trinajstić information content (AvgIpc) is 3.31. The van der Waals surface area contributed by atoms with Crippen LogP contribution in [0.1, 0.15) is 95.6 Å². The van der Waals surface area contributed by atoms with Crippen molar-refractivity contribution < 1.29 is 24.7 Å². The fourth-order valence-electron chi connectivity index (χ4n) is 6.50. The summed E-state index contributed by atoms with van der Waals surface area (Å²) in [5.41, 5.74) is 2.34. The van der Waals surface area contributed by atoms with Gasteiger partial charge in [-0.1, -0.05) is 39.3 Å². The Morgan fingerprint density at radius 1 is 1.00 bits per heavy atom. The summed E-state index contributed by atoms with van der Waals surface area (Å²) >= 11 is 0. The van der Waals surface area contributed by atoms with Gasteiger partial charge in [0, 0.05) is 37.3 Å². The van der Waals surface area contributed by atoms with Crippen LogP contribution in [0.25, 0.3) is 0 Å². The molecule has 2 saturated heterocycles. The highest BCUT2D eigenvalue weighted by Gasteiger charge is 2.56. The number of likely N-dealkylation sites (tertiary alicyclic amines) is 1. The second-order valence-corrected chi connectivity index (χ2v) is 11.4. The van der Waals surface area contributed by atoms with Crippen molar-refractivity contribution in [1.82, 2.24) is 4.90 Å². The summed E-state index contributed by atoms with van der Waals surface area (Å²) in [4.78, 5) is 26.7. The Morgan fingerprint density at radius 2 is 1.70 bits per heavy atom. The van der Waals surface area contributed by atoms with Crippen LogP contribution < -0.4 is 0 Å². The first kappa shape index (κ1) is 23.6. The predicted octanol–water partition coefficient (Wildman–Crippen LogP) is 6.04. The van der Waals surface area contributed by atoms with Crippen LogP contribution in [0.3, 0.4) is 0 Å². The van der Waals surface area contributed by atoms with E-state index < -0.39 is 11.6 Å². The zero-order valence-electron chi connectivity index (χ0n) is 20.6. The minimum Gasteiger partial charge on any atom is -0.508 e. The normalized spacial score (nSPS) is 37.9. The van der Waals surface area contributed by atoms with Crippen molar-refractivity contribution in [3.05, 3.63) is 29.3 Å². The van der Waals surface area contributed by atoms with Gasteiger partial charge in [0.05, 0.1) is 0 Å². The van der Waals surface area contributed by atoms with E-state index in [1.54, 1.807) is 0 Å². The van der Waals surface area contributed by atoms with E-state index >= 15 is 0 Å². The minimum absolute atomic E-state index is 0.272. The molecule has 2 saturated carbocycles. The van der Waals surface area contributed by atoms with E-state index in [2.05, 4.69) is 37.8 Å². The fraction of sp³-hybridized carbons (Fsp3) is 0.778. The maximum atomic E-state index is 10.4. The van der Waals surface area contributed by atoms with Crippen LogP contribution in [0.15, 0.2) is 18.2 Å². The molecule has 6 nitrogen and oxygen atoms in total. The number of hydrogen-bond acceptors (Lipinski definition) is 6. The molecular weight excluding hydrogens is 418 g/mol. The lowest BCUT2D eigenvalue weighted by Crippen LogP contribution is -2.58. The van der Waals surface area contributed by atoms with Crippen LogP contribution >= 0.6 is 0 Å². The lowest BCUT2D eigenvalue weighted by Gasteiger charge is -2.51. The third-order valence-corrected chi connectivity index (χ3v) is 8.56. The van der Waals surface area contributed by atoms with Crippen molar-refractivity contribution in [2.75, 3.05) is 13.1 Å². The van der Waals surface area contributed by atoms with Crippen molar-refractivity contribution >= 4 is 0 Å². The molecule has 1 aromatic carbocycles. The summed E-state index contributed by atoms with van der Waals surface area (Å²) in [5.74, 6) is 0.489. The Labute approximate surface area is 198 Å². The van der Waals surface area contributed by atoms with Crippen molar-refractivity contribution in [2.24, 2.45) is 17.8 Å². The molecule has 6 heteroatoms. The van der Waals surface area contributed by atoms with Gasteiger partial charge in [0.1, 0.15) is 5.75 Å². The number of benzene rings is 1. The van der Waals surface area contributed by atoms with Gasteiger partial charge in [0.15, 0.2) is 0 Å². The molecule has 33 heavy (non-hydrogen) atoms. The molecule has 0 aromatic heterocycles. The SMILES string of the molecule is CC(C)[C@@H]1CC[C@@H](C)CC12OOC1(CCC(c3ccc(O)c(CN4CCCC4)c3)CC1)OO2. The molecule has 1 aromatic rings. The molecule has 5 rings (SSSR count). The Kier molecular flexibility index (Phi) is 6.75. The number of nitrogens with zero attached hydrogens (tertiary/aromatic N) is 1. The Morgan fingerprint density at radius 3 is 2.36 bits per heavy atom. The molecule has 0 bridgehead atoms. The van der Waals surface area contributed by atoms with E-state index in [0.29, 0.717) is 23.5 Å². The first-order valence-electron chi connectivity index (χ1n) is 13.2. The van der Waals surface area contributed by atoms with E-state index in [4.69, 9.17) is 19.6 Å². The molecule has 2 spiro atoms. The fourth-order valence-corrected chi connectivity index (χ4v) is 6.50. The molecule has 184 valence electrons. The highest BCUT2D eigenvalue weighted by atomic mass is 17.4. The maximum Gasteiger partial charge on any atom is 0.237 e. The lowest BCUT2D eigenvalue weighted by molar-refractivity contribution is -0.671. The third-order valence-electron chi connectivity index (χ3n) is 8.56. The van der Waals surface area contributed by atoms with Crippen molar-refractivity contribution in [3.63, 3.8) is 0 Å². The highest BCUT2D eigenvalue weighted by molar-refractivity contribution is 5.38. The van der Waals surface area contributed by atoms with Gasteiger partial charge in [-0.05, 0) is 74.6 Å². The van der Waals surface area contributed by atoms with Crippen LogP contribution in [0.5, 0.6) is 5.75 Å². The van der Waals surface area contributed by atoms with Gasteiger partial charge in [0.25, 0.3) is 0 Å². The summed E-state index contributed by atoms with van der Waals surface area (Å²) in [6.45, 7) is 9.78. The van der Waals surface area contributed by atoms with Crippen LogP contribution in [-0.4, -0.2) is 34.7 Å². The van der Waals surface area contributed by atoms with Gasteiger partial charge in [-0.25, -0.2) is 0 Å². The number of phenols is 1. The summed E-state index contributed by atoms with van der Waals surface area (Å²) in [6, 6.07) is 6.15. The maximum absolute atomic E-state index is 10.4. The van der Waals surface area contributed by atoms with Gasteiger partial charge in [-0.3, -0.25) is 4.90 Å². The van der Waals surface area contributed by atoms with Gasteiger partial charge < -0.3 is 5.11 Å². The zero-order valence-corrected chi connectivity index (χ0v) is 20.6. The molecule has 2 heterocycles. The first-order chi connectivity index (χ1) is 15.9. The van der Waals surface area contributed by atoms with E-state index in [1.165, 1.54) is 24.8 Å². The largest absolute Gasteiger partial charge is 0.508 e. The van der Waals surface area contributed by atoms with Crippen molar-refractivity contribution in [3.8, 4) is 5.75 Å². The molecule has 2 atom stereocenters. The van der Waals surface area contributed by atoms with Gasteiger partial charge >= 0.3 is 0 Å². The average molecular weight is 460 g/mol. The first-order valence-corrected chi connectivity index (χ1v) is 13.2. The number of aromatic hydroxyl groups is 1. The smallest absolute Gasteiger partial charge is 0.237 e. The van der Waals surface area contributed by atoms with Gasteiger partial charge in [-0.15, -0.1) is 0 Å². The second kappa shape index (κ2) is 9.46. The number of phenolic OH excluding ortho intramolecular Hbond substituents is 1. The zero-order chi connectivity index (χ0) is 23.1. The number of hydrogen-bond donors (Lipinski definition) is 1. The lowest BCUT2D eigenvalue weighted by atomic mass is 9.73.